The Bertz CT molecular complexity index is 688. The van der Waals surface area contributed by atoms with E-state index in [2.05, 4.69) is 20.7 Å². The molecule has 1 amide bonds. The van der Waals surface area contributed by atoms with E-state index in [0.29, 0.717) is 12.4 Å². The average molecular weight is 387 g/mol. The summed E-state index contributed by atoms with van der Waals surface area (Å²) >= 11 is 0. The van der Waals surface area contributed by atoms with Gasteiger partial charge in [-0.25, -0.2) is 4.98 Å². The van der Waals surface area contributed by atoms with Crippen LogP contribution in [0.15, 0.2) is 30.7 Å². The Hall–Kier alpha value is -1.83. The number of aryl methyl sites for hydroxylation is 1. The summed E-state index contributed by atoms with van der Waals surface area (Å²) in [6.07, 6.45) is 5.56. The van der Waals surface area contributed by atoms with Crippen molar-refractivity contribution in [2.24, 2.45) is 13.0 Å². The summed E-state index contributed by atoms with van der Waals surface area (Å²) in [5.74, 6) is 0.602. The van der Waals surface area contributed by atoms with Crippen molar-refractivity contribution in [2.45, 2.75) is 5.92 Å². The topological polar surface area (TPSA) is 75.1 Å². The summed E-state index contributed by atoms with van der Waals surface area (Å²) in [6, 6.07) is 3.77. The maximum atomic E-state index is 12.6. The van der Waals surface area contributed by atoms with Gasteiger partial charge in [-0.3, -0.25) is 9.48 Å². The number of nitrogens with zero attached hydrogens (tertiary/aromatic N) is 4. The van der Waals surface area contributed by atoms with Crippen LogP contribution in [0.1, 0.15) is 11.5 Å². The van der Waals surface area contributed by atoms with Gasteiger partial charge in [0.1, 0.15) is 5.82 Å². The monoisotopic (exact) mass is 386 g/mol. The highest BCUT2D eigenvalue weighted by molar-refractivity contribution is 5.92. The predicted molar refractivity (Wildman–Crippen MR) is 104 cm³/mol. The Morgan fingerprint density at radius 1 is 1.28 bits per heavy atom. The van der Waals surface area contributed by atoms with Crippen LogP contribution in [-0.4, -0.2) is 47.9 Å². The average Bonchev–Trinajstić information content (AvgIpc) is 3.16. The van der Waals surface area contributed by atoms with E-state index in [1.165, 1.54) is 0 Å². The number of amides is 1. The molecule has 25 heavy (non-hydrogen) atoms. The quantitative estimate of drug-likeness (QED) is 0.835. The lowest BCUT2D eigenvalue weighted by Crippen LogP contribution is -2.28. The van der Waals surface area contributed by atoms with Crippen LogP contribution in [0.25, 0.3) is 0 Å². The number of halogens is 2. The molecular formula is C16H24Cl2N6O. The summed E-state index contributed by atoms with van der Waals surface area (Å²) in [7, 11) is 5.80. The zero-order chi connectivity index (χ0) is 16.4. The third-order valence-electron chi connectivity index (χ3n) is 4.22. The molecule has 0 radical (unpaired) electrons. The first-order valence-electron chi connectivity index (χ1n) is 7.68. The third-order valence-corrected chi connectivity index (χ3v) is 4.22. The molecule has 138 valence electrons. The maximum absolute atomic E-state index is 12.6. The van der Waals surface area contributed by atoms with Crippen molar-refractivity contribution in [3.8, 4) is 0 Å². The SMILES string of the molecule is CN(C)c1ccc(NC(=O)[C@H]2CNC[C@@H]2c2cnn(C)c2)nc1.Cl.Cl. The number of carbonyl (C=O) groups excluding carboxylic acids is 1. The summed E-state index contributed by atoms with van der Waals surface area (Å²) in [5, 5.41) is 10.4. The smallest absolute Gasteiger partial charge is 0.230 e. The van der Waals surface area contributed by atoms with Crippen LogP contribution in [0.3, 0.4) is 0 Å². The van der Waals surface area contributed by atoms with E-state index < -0.39 is 0 Å². The first-order valence-corrected chi connectivity index (χ1v) is 7.68. The standard InChI is InChI=1S/C16H22N6O.2ClH/c1-21(2)12-4-5-15(18-7-12)20-16(23)14-9-17-8-13(14)11-6-19-22(3)10-11;;/h4-7,10,13-14,17H,8-9H2,1-3H3,(H,18,20,23);2*1H/t13-,14+;;/m1../s1. The molecule has 0 spiro atoms. The Kier molecular flexibility index (Phi) is 7.66. The lowest BCUT2D eigenvalue weighted by Gasteiger charge is -2.17. The van der Waals surface area contributed by atoms with Crippen LogP contribution in [0.4, 0.5) is 11.5 Å². The van der Waals surface area contributed by atoms with Crippen molar-refractivity contribution in [1.82, 2.24) is 20.1 Å². The largest absolute Gasteiger partial charge is 0.376 e. The van der Waals surface area contributed by atoms with Gasteiger partial charge in [-0.15, -0.1) is 24.8 Å². The minimum absolute atomic E-state index is 0. The van der Waals surface area contributed by atoms with Gasteiger partial charge < -0.3 is 15.5 Å². The van der Waals surface area contributed by atoms with Crippen molar-refractivity contribution in [1.29, 1.82) is 0 Å². The van der Waals surface area contributed by atoms with Gasteiger partial charge in [0.25, 0.3) is 0 Å². The highest BCUT2D eigenvalue weighted by Crippen LogP contribution is 2.28. The van der Waals surface area contributed by atoms with Crippen LogP contribution in [0.2, 0.25) is 0 Å². The second-order valence-corrected chi connectivity index (χ2v) is 6.10. The number of carbonyl (C=O) groups is 1. The molecule has 2 N–H and O–H groups in total. The predicted octanol–water partition coefficient (Wildman–Crippen LogP) is 1.67. The fourth-order valence-electron chi connectivity index (χ4n) is 2.88. The van der Waals surface area contributed by atoms with E-state index in [1.807, 2.05) is 50.6 Å². The molecule has 1 aliphatic heterocycles. The van der Waals surface area contributed by atoms with Gasteiger partial charge in [0.05, 0.1) is 24.0 Å². The molecule has 7 nitrogen and oxygen atoms in total. The van der Waals surface area contributed by atoms with Crippen LogP contribution >= 0.6 is 24.8 Å². The van der Waals surface area contributed by atoms with E-state index in [-0.39, 0.29) is 42.6 Å². The minimum Gasteiger partial charge on any atom is -0.376 e. The Morgan fingerprint density at radius 2 is 2.04 bits per heavy atom. The lowest BCUT2D eigenvalue weighted by molar-refractivity contribution is -0.119. The third kappa shape index (κ3) is 4.84. The summed E-state index contributed by atoms with van der Waals surface area (Å²) < 4.78 is 1.77. The van der Waals surface area contributed by atoms with E-state index in [0.717, 1.165) is 17.8 Å². The molecule has 2 aromatic heterocycles. The van der Waals surface area contributed by atoms with Gasteiger partial charge in [0, 0.05) is 46.3 Å². The highest BCUT2D eigenvalue weighted by Gasteiger charge is 2.34. The van der Waals surface area contributed by atoms with Crippen molar-refractivity contribution in [3.05, 3.63) is 36.3 Å². The molecule has 0 aliphatic carbocycles. The van der Waals surface area contributed by atoms with Crippen LogP contribution in [0.5, 0.6) is 0 Å². The van der Waals surface area contributed by atoms with Crippen LogP contribution in [-0.2, 0) is 11.8 Å². The fraction of sp³-hybridized carbons (Fsp3) is 0.438. The molecule has 9 heteroatoms. The van der Waals surface area contributed by atoms with Gasteiger partial charge in [-0.05, 0) is 17.7 Å². The van der Waals surface area contributed by atoms with Crippen molar-refractivity contribution in [3.63, 3.8) is 0 Å². The van der Waals surface area contributed by atoms with Gasteiger partial charge in [-0.1, -0.05) is 0 Å². The molecule has 0 bridgehead atoms. The van der Waals surface area contributed by atoms with Gasteiger partial charge >= 0.3 is 0 Å². The lowest BCUT2D eigenvalue weighted by atomic mass is 9.90. The van der Waals surface area contributed by atoms with E-state index in [4.69, 9.17) is 0 Å². The molecule has 1 aliphatic rings. The summed E-state index contributed by atoms with van der Waals surface area (Å²) in [4.78, 5) is 18.9. The molecule has 3 rings (SSSR count). The number of aromatic nitrogens is 3. The van der Waals surface area contributed by atoms with Crippen molar-refractivity contribution in [2.75, 3.05) is 37.4 Å². The number of hydrogen-bond donors (Lipinski definition) is 2. The second kappa shape index (κ2) is 9.03. The number of pyridine rings is 1. The van der Waals surface area contributed by atoms with Gasteiger partial charge in [0.2, 0.25) is 5.91 Å². The van der Waals surface area contributed by atoms with Crippen LogP contribution in [0, 0.1) is 5.92 Å². The maximum Gasteiger partial charge on any atom is 0.230 e. The molecule has 2 atom stereocenters. The summed E-state index contributed by atoms with van der Waals surface area (Å²) in [5.41, 5.74) is 2.09. The Balaban J connectivity index is 0.00000156. The molecule has 1 fully saturated rings. The molecule has 2 aromatic rings. The second-order valence-electron chi connectivity index (χ2n) is 6.10. The first kappa shape index (κ1) is 21.2. The fourth-order valence-corrected chi connectivity index (χ4v) is 2.88. The molecule has 0 unspecified atom stereocenters. The number of nitrogens with one attached hydrogen (secondary N) is 2. The molecular weight excluding hydrogens is 363 g/mol. The Labute approximate surface area is 160 Å². The van der Waals surface area contributed by atoms with Gasteiger partial charge in [0.15, 0.2) is 0 Å². The molecule has 1 saturated heterocycles. The van der Waals surface area contributed by atoms with E-state index >= 15 is 0 Å². The summed E-state index contributed by atoms with van der Waals surface area (Å²) in [6.45, 7) is 1.46. The van der Waals surface area contributed by atoms with E-state index in [9.17, 15) is 4.79 Å². The van der Waals surface area contributed by atoms with Crippen molar-refractivity contribution >= 4 is 42.2 Å². The molecule has 0 saturated carbocycles. The van der Waals surface area contributed by atoms with Crippen molar-refractivity contribution < 1.29 is 4.79 Å². The Morgan fingerprint density at radius 3 is 2.60 bits per heavy atom. The zero-order valence-electron chi connectivity index (χ0n) is 14.5. The highest BCUT2D eigenvalue weighted by atomic mass is 35.5. The van der Waals surface area contributed by atoms with Crippen LogP contribution < -0.4 is 15.5 Å². The van der Waals surface area contributed by atoms with E-state index in [1.54, 1.807) is 10.9 Å². The van der Waals surface area contributed by atoms with Gasteiger partial charge in [-0.2, -0.15) is 5.10 Å². The zero-order valence-corrected chi connectivity index (χ0v) is 16.1. The minimum atomic E-state index is -0.116. The normalized spacial score (nSPS) is 18.8. The number of anilines is 2. The number of rotatable bonds is 4. The first-order chi connectivity index (χ1) is 11.0. The molecule has 0 aromatic carbocycles. The number of hydrogen-bond acceptors (Lipinski definition) is 5. The molecule has 3 heterocycles.